The van der Waals surface area contributed by atoms with Crippen LogP contribution in [-0.2, 0) is 5.75 Å². The Morgan fingerprint density at radius 2 is 2.10 bits per heavy atom. The summed E-state index contributed by atoms with van der Waals surface area (Å²) in [5, 5.41) is 14.3. The van der Waals surface area contributed by atoms with Crippen molar-refractivity contribution < 1.29 is 4.92 Å². The summed E-state index contributed by atoms with van der Waals surface area (Å²) in [4.78, 5) is 18.7. The number of rotatable bonds is 6. The van der Waals surface area contributed by atoms with Crippen molar-refractivity contribution in [2.75, 3.05) is 11.9 Å². The first-order chi connectivity index (χ1) is 9.70. The van der Waals surface area contributed by atoms with E-state index in [-0.39, 0.29) is 5.69 Å². The lowest BCUT2D eigenvalue weighted by Crippen LogP contribution is -2.04. The topological polar surface area (TPSA) is 81.0 Å². The molecular formula is C13H14N4O2S. The molecule has 0 unspecified atom stereocenters. The molecule has 1 aromatic heterocycles. The van der Waals surface area contributed by atoms with Crippen molar-refractivity contribution in [1.82, 2.24) is 9.97 Å². The first-order valence-electron chi connectivity index (χ1n) is 6.12. The van der Waals surface area contributed by atoms with E-state index in [4.69, 9.17) is 0 Å². The van der Waals surface area contributed by atoms with Crippen LogP contribution >= 0.6 is 11.8 Å². The molecule has 6 nitrogen and oxygen atoms in total. The summed E-state index contributed by atoms with van der Waals surface area (Å²) in [6.45, 7) is 2.59. The minimum atomic E-state index is -0.455. The van der Waals surface area contributed by atoms with E-state index >= 15 is 0 Å². The molecule has 0 fully saturated rings. The molecule has 2 rings (SSSR count). The Bertz CT molecular complexity index is 592. The van der Waals surface area contributed by atoms with E-state index in [9.17, 15) is 10.1 Å². The van der Waals surface area contributed by atoms with Crippen molar-refractivity contribution in [3.63, 3.8) is 0 Å². The lowest BCUT2D eigenvalue weighted by molar-refractivity contribution is -0.388. The predicted octanol–water partition coefficient (Wildman–Crippen LogP) is 3.11. The van der Waals surface area contributed by atoms with Crippen molar-refractivity contribution in [3.8, 4) is 0 Å². The van der Waals surface area contributed by atoms with Gasteiger partial charge in [0.25, 0.3) is 0 Å². The number of aromatic nitrogens is 2. The van der Waals surface area contributed by atoms with Gasteiger partial charge in [-0.05, 0) is 12.5 Å². The zero-order chi connectivity index (χ0) is 14.4. The van der Waals surface area contributed by atoms with Crippen molar-refractivity contribution in [3.05, 3.63) is 52.2 Å². The molecule has 7 heteroatoms. The van der Waals surface area contributed by atoms with Crippen molar-refractivity contribution in [1.29, 1.82) is 0 Å². The number of hydrogen-bond acceptors (Lipinski definition) is 6. The van der Waals surface area contributed by atoms with Gasteiger partial charge in [0, 0.05) is 12.3 Å². The van der Waals surface area contributed by atoms with Crippen LogP contribution in [-0.4, -0.2) is 21.4 Å². The molecule has 0 radical (unpaired) electrons. The second kappa shape index (κ2) is 6.85. The lowest BCUT2D eigenvalue weighted by Gasteiger charge is -2.05. The van der Waals surface area contributed by atoms with E-state index in [1.54, 1.807) is 0 Å². The maximum Gasteiger partial charge on any atom is 0.319 e. The molecule has 2 aromatic rings. The molecule has 0 spiro atoms. The molecule has 0 aliphatic rings. The van der Waals surface area contributed by atoms with E-state index in [0.717, 1.165) is 5.56 Å². The minimum absolute atomic E-state index is 0.0624. The Morgan fingerprint density at radius 1 is 1.35 bits per heavy atom. The molecule has 0 aliphatic carbocycles. The molecular weight excluding hydrogens is 276 g/mol. The smallest absolute Gasteiger partial charge is 0.319 e. The Morgan fingerprint density at radius 3 is 2.75 bits per heavy atom. The first-order valence-corrected chi connectivity index (χ1v) is 7.11. The van der Waals surface area contributed by atoms with Crippen LogP contribution in [0.25, 0.3) is 0 Å². The number of nitrogens with zero attached hydrogens (tertiary/aromatic N) is 3. The molecule has 0 atom stereocenters. The van der Waals surface area contributed by atoms with Crippen LogP contribution < -0.4 is 5.32 Å². The van der Waals surface area contributed by atoms with E-state index in [2.05, 4.69) is 15.3 Å². The number of anilines is 1. The largest absolute Gasteiger partial charge is 0.354 e. The first kappa shape index (κ1) is 14.3. The van der Waals surface area contributed by atoms with Crippen LogP contribution in [0.4, 0.5) is 11.6 Å². The molecule has 0 saturated heterocycles. The van der Waals surface area contributed by atoms with E-state index in [1.165, 1.54) is 18.0 Å². The number of hydrogen-bond donors (Lipinski definition) is 1. The van der Waals surface area contributed by atoms with E-state index in [1.807, 2.05) is 37.3 Å². The maximum absolute atomic E-state index is 11.0. The number of benzene rings is 1. The summed E-state index contributed by atoms with van der Waals surface area (Å²) < 4.78 is 0. The summed E-state index contributed by atoms with van der Waals surface area (Å²) in [7, 11) is 0. The van der Waals surface area contributed by atoms with Crippen LogP contribution in [0.3, 0.4) is 0 Å². The fraction of sp³-hybridized carbons (Fsp3) is 0.231. The fourth-order valence-corrected chi connectivity index (χ4v) is 2.48. The van der Waals surface area contributed by atoms with Crippen LogP contribution in [0.15, 0.2) is 41.6 Å². The molecule has 0 aliphatic heterocycles. The van der Waals surface area contributed by atoms with Crippen LogP contribution in [0.1, 0.15) is 12.5 Å². The maximum atomic E-state index is 11.0. The normalized spacial score (nSPS) is 10.2. The van der Waals surface area contributed by atoms with E-state index < -0.39 is 4.92 Å². The highest BCUT2D eigenvalue weighted by Crippen LogP contribution is 2.29. The third kappa shape index (κ3) is 3.67. The predicted molar refractivity (Wildman–Crippen MR) is 78.9 cm³/mol. The van der Waals surface area contributed by atoms with Gasteiger partial charge < -0.3 is 5.32 Å². The Hall–Kier alpha value is -2.15. The molecule has 1 N–H and O–H groups in total. The second-order valence-electron chi connectivity index (χ2n) is 3.95. The minimum Gasteiger partial charge on any atom is -0.354 e. The third-order valence-corrected chi connectivity index (χ3v) is 3.54. The summed E-state index contributed by atoms with van der Waals surface area (Å²) in [5.74, 6) is 1.04. The van der Waals surface area contributed by atoms with Crippen molar-refractivity contribution in [2.45, 2.75) is 17.7 Å². The lowest BCUT2D eigenvalue weighted by atomic mass is 10.2. The van der Waals surface area contributed by atoms with Gasteiger partial charge >= 0.3 is 5.69 Å². The van der Waals surface area contributed by atoms with Gasteiger partial charge in [-0.3, -0.25) is 10.1 Å². The quantitative estimate of drug-likeness (QED) is 0.381. The molecule has 20 heavy (non-hydrogen) atoms. The third-order valence-electron chi connectivity index (χ3n) is 2.49. The molecule has 1 heterocycles. The highest BCUT2D eigenvalue weighted by Gasteiger charge is 2.17. The molecule has 0 bridgehead atoms. The molecule has 1 aromatic carbocycles. The second-order valence-corrected chi connectivity index (χ2v) is 4.91. The van der Waals surface area contributed by atoms with Crippen LogP contribution in [0.5, 0.6) is 0 Å². The van der Waals surface area contributed by atoms with Crippen molar-refractivity contribution in [2.24, 2.45) is 0 Å². The number of nitrogens with one attached hydrogen (secondary N) is 1. The van der Waals surface area contributed by atoms with Gasteiger partial charge in [0.05, 0.1) is 4.92 Å². The Balaban J connectivity index is 2.19. The summed E-state index contributed by atoms with van der Waals surface area (Å²) in [6.07, 6.45) is 1.25. The SMILES string of the molecule is CCNc1ncc([N+](=O)[O-])c(SCc2ccccc2)n1. The monoisotopic (exact) mass is 290 g/mol. The zero-order valence-corrected chi connectivity index (χ0v) is 11.8. The average molecular weight is 290 g/mol. The van der Waals surface area contributed by atoms with Gasteiger partial charge in [-0.25, -0.2) is 4.98 Å². The fourth-order valence-electron chi connectivity index (χ4n) is 1.56. The molecule has 0 saturated carbocycles. The highest BCUT2D eigenvalue weighted by molar-refractivity contribution is 7.98. The van der Waals surface area contributed by atoms with Crippen LogP contribution in [0.2, 0.25) is 0 Å². The molecule has 0 amide bonds. The Labute approximate surface area is 120 Å². The van der Waals surface area contributed by atoms with Gasteiger partial charge in [0.1, 0.15) is 6.20 Å². The van der Waals surface area contributed by atoms with E-state index in [0.29, 0.717) is 23.3 Å². The van der Waals surface area contributed by atoms with Gasteiger partial charge in [0.15, 0.2) is 5.03 Å². The molecule has 104 valence electrons. The summed E-state index contributed by atoms with van der Waals surface area (Å²) in [5.41, 5.74) is 1.03. The van der Waals surface area contributed by atoms with Gasteiger partial charge in [-0.2, -0.15) is 4.98 Å². The highest BCUT2D eigenvalue weighted by atomic mass is 32.2. The average Bonchev–Trinajstić information content (AvgIpc) is 2.46. The van der Waals surface area contributed by atoms with Gasteiger partial charge in [0.2, 0.25) is 5.95 Å². The summed E-state index contributed by atoms with van der Waals surface area (Å²) >= 11 is 1.34. The zero-order valence-electron chi connectivity index (χ0n) is 10.9. The van der Waals surface area contributed by atoms with Gasteiger partial charge in [-0.1, -0.05) is 42.1 Å². The van der Waals surface area contributed by atoms with Crippen LogP contribution in [0, 0.1) is 10.1 Å². The van der Waals surface area contributed by atoms with Gasteiger partial charge in [-0.15, -0.1) is 0 Å². The Kier molecular flexibility index (Phi) is 4.89. The number of thioether (sulfide) groups is 1. The number of nitro groups is 1. The van der Waals surface area contributed by atoms with Crippen molar-refractivity contribution >= 4 is 23.4 Å². The summed E-state index contributed by atoms with van der Waals surface area (Å²) in [6, 6.07) is 9.77. The standard InChI is InChI=1S/C13H14N4O2S/c1-2-14-13-15-8-11(17(18)19)12(16-13)20-9-10-6-4-3-5-7-10/h3-8H,2,9H2,1H3,(H,14,15,16).